The van der Waals surface area contributed by atoms with Crippen LogP contribution >= 0.6 is 0 Å². The summed E-state index contributed by atoms with van der Waals surface area (Å²) in [5.74, 6) is -4.31. The first-order valence-corrected chi connectivity index (χ1v) is 5.19. The highest BCUT2D eigenvalue weighted by Gasteiger charge is 2.00. The molecule has 0 unspecified atom stereocenters. The maximum Gasteiger partial charge on any atom is 0.303 e. The van der Waals surface area contributed by atoms with E-state index in [0.717, 1.165) is 10.0 Å². The van der Waals surface area contributed by atoms with Crippen molar-refractivity contribution in [1.29, 1.82) is 5.05 Å². The number of carboxylic acid groups (broad SMARTS) is 4. The number of rotatable bonds is 6. The minimum Gasteiger partial charge on any atom is -0.481 e. The molecule has 0 aliphatic carbocycles. The summed E-state index contributed by atoms with van der Waals surface area (Å²) in [4.78, 5) is 38.6. The van der Waals surface area contributed by atoms with Gasteiger partial charge in [0.1, 0.15) is 0 Å². The molecule has 0 saturated heterocycles. The van der Waals surface area contributed by atoms with Crippen LogP contribution in [0.4, 0.5) is 0 Å². The van der Waals surface area contributed by atoms with Gasteiger partial charge in [0.15, 0.2) is 0 Å². The molecule has 104 valence electrons. The van der Waals surface area contributed by atoms with Crippen LogP contribution in [0.1, 0.15) is 25.7 Å². The van der Waals surface area contributed by atoms with Crippen molar-refractivity contribution >= 4 is 33.9 Å². The number of aliphatic carboxylic acids is 4. The smallest absolute Gasteiger partial charge is 0.303 e. The summed E-state index contributed by atoms with van der Waals surface area (Å²) in [6, 6.07) is 0. The quantitative estimate of drug-likeness (QED) is 0.395. The highest BCUT2D eigenvalue weighted by molar-refractivity contribution is 5.88. The summed E-state index contributed by atoms with van der Waals surface area (Å²) in [6.07, 6.45) is -1.19. The number of hydrogen-bond donors (Lipinski definition) is 5. The molecule has 0 rings (SSSR count). The Labute approximate surface area is 105 Å². The van der Waals surface area contributed by atoms with Crippen LogP contribution in [0.5, 0.6) is 0 Å². The molecule has 0 saturated carbocycles. The Kier molecular flexibility index (Phi) is 17.6. The third-order valence-corrected chi connectivity index (χ3v) is 1.11. The van der Waals surface area contributed by atoms with Crippen LogP contribution in [0.2, 0.25) is 0 Å². The largest absolute Gasteiger partial charge is 0.481 e. The molecule has 0 spiro atoms. The topological polar surface area (TPSA) is 173 Å². The second-order valence-electron chi connectivity index (χ2n) is 2.57. The first kappa shape index (κ1) is 21.2. The van der Waals surface area contributed by atoms with Crippen molar-refractivity contribution in [3.05, 3.63) is 0 Å². The molecule has 0 aliphatic heterocycles. The van der Waals surface area contributed by atoms with E-state index in [1.807, 2.05) is 0 Å². The Hall–Kier alpha value is -2.10. The Bertz CT molecular complexity index is 237. The lowest BCUT2D eigenvalue weighted by Crippen LogP contribution is -2.00. The SMILES string of the molecule is N=[SiH2].O=C(O)CCC(=O)O.O=C(O)CCC(=O)O. The minimum absolute atomic E-state index is 0.296. The fourth-order valence-electron chi connectivity index (χ4n) is 0.428. The van der Waals surface area contributed by atoms with Gasteiger partial charge in [0.05, 0.1) is 35.7 Å². The van der Waals surface area contributed by atoms with E-state index < -0.39 is 23.9 Å². The summed E-state index contributed by atoms with van der Waals surface area (Å²) in [7, 11) is 1.11. The number of carboxylic acids is 4. The van der Waals surface area contributed by atoms with E-state index in [4.69, 9.17) is 25.5 Å². The van der Waals surface area contributed by atoms with Gasteiger partial charge < -0.3 is 25.5 Å². The Morgan fingerprint density at radius 2 is 0.722 bits per heavy atom. The molecule has 0 aromatic carbocycles. The third kappa shape index (κ3) is 37.1. The van der Waals surface area contributed by atoms with Gasteiger partial charge in [0.25, 0.3) is 0 Å². The Morgan fingerprint density at radius 1 is 0.611 bits per heavy atom. The second kappa shape index (κ2) is 14.9. The van der Waals surface area contributed by atoms with Gasteiger partial charge in [-0.3, -0.25) is 19.2 Å². The summed E-state index contributed by atoms with van der Waals surface area (Å²) in [6.45, 7) is 0. The maximum absolute atomic E-state index is 9.64. The maximum atomic E-state index is 9.64. The standard InChI is InChI=1S/2C4H6O4.H3NSi/c2*5-3(6)1-2-4(7)8;1-2/h2*1-2H2,(H,5,6)(H,7,8);1H,2H2. The molecule has 10 heteroatoms. The second-order valence-corrected chi connectivity index (χ2v) is 2.57. The van der Waals surface area contributed by atoms with Crippen molar-refractivity contribution in [2.45, 2.75) is 25.7 Å². The van der Waals surface area contributed by atoms with Crippen molar-refractivity contribution in [3.63, 3.8) is 0 Å². The average molecular weight is 281 g/mol. The van der Waals surface area contributed by atoms with Gasteiger partial charge in [-0.25, -0.2) is 0 Å². The van der Waals surface area contributed by atoms with E-state index in [1.165, 1.54) is 0 Å². The Balaban J connectivity index is -0.000000219. The molecule has 0 atom stereocenters. The first-order valence-electron chi connectivity index (χ1n) is 4.48. The molecule has 0 amide bonds. The fraction of sp³-hybridized carbons (Fsp3) is 0.500. The van der Waals surface area contributed by atoms with Gasteiger partial charge in [-0.15, -0.1) is 0 Å². The number of carbonyl (C=O) groups is 4. The van der Waals surface area contributed by atoms with Gasteiger partial charge in [0, 0.05) is 0 Å². The van der Waals surface area contributed by atoms with Crippen LogP contribution in [-0.4, -0.2) is 54.3 Å². The molecule has 18 heavy (non-hydrogen) atoms. The van der Waals surface area contributed by atoms with E-state index in [-0.39, 0.29) is 25.7 Å². The molecule has 0 bridgehead atoms. The average Bonchev–Trinajstić information content (AvgIpc) is 2.27. The van der Waals surface area contributed by atoms with Crippen LogP contribution in [0.3, 0.4) is 0 Å². The van der Waals surface area contributed by atoms with Crippen molar-refractivity contribution in [2.24, 2.45) is 0 Å². The number of nitrogens with one attached hydrogen (secondary N) is 1. The molecular formula is C8H15NO8Si. The lowest BCUT2D eigenvalue weighted by molar-refractivity contribution is -0.143. The van der Waals surface area contributed by atoms with E-state index >= 15 is 0 Å². The van der Waals surface area contributed by atoms with E-state index in [9.17, 15) is 19.2 Å². The fourth-order valence-corrected chi connectivity index (χ4v) is 0.428. The molecule has 0 aliphatic rings. The molecule has 0 aromatic rings. The normalized spacial score (nSPS) is 7.78. The van der Waals surface area contributed by atoms with Crippen molar-refractivity contribution in [3.8, 4) is 0 Å². The predicted octanol–water partition coefficient (Wildman–Crippen LogP) is -0.747. The number of hydrogen-bond acceptors (Lipinski definition) is 5. The molecule has 9 nitrogen and oxygen atoms in total. The van der Waals surface area contributed by atoms with Crippen LogP contribution in [0, 0.1) is 5.05 Å². The third-order valence-electron chi connectivity index (χ3n) is 1.11. The van der Waals surface area contributed by atoms with Crippen LogP contribution in [0.25, 0.3) is 0 Å². The zero-order chi connectivity index (χ0) is 15.1. The first-order chi connectivity index (χ1) is 8.25. The predicted molar refractivity (Wildman–Crippen MR) is 60.3 cm³/mol. The molecule has 5 N–H and O–H groups in total. The van der Waals surface area contributed by atoms with E-state index in [1.54, 1.807) is 0 Å². The summed E-state index contributed by atoms with van der Waals surface area (Å²) in [5.41, 5.74) is 0. The summed E-state index contributed by atoms with van der Waals surface area (Å²) < 4.78 is 0. The highest BCUT2D eigenvalue weighted by atomic mass is 28.1. The van der Waals surface area contributed by atoms with Crippen LogP contribution in [-0.2, 0) is 19.2 Å². The van der Waals surface area contributed by atoms with Gasteiger partial charge in [-0.05, 0) is 0 Å². The molecule has 0 heterocycles. The Morgan fingerprint density at radius 3 is 0.778 bits per heavy atom. The molecule has 0 aromatic heterocycles. The molecular weight excluding hydrogens is 266 g/mol. The monoisotopic (exact) mass is 281 g/mol. The van der Waals surface area contributed by atoms with E-state index in [2.05, 4.69) is 0 Å². The zero-order valence-corrected chi connectivity index (χ0v) is 10.9. The summed E-state index contributed by atoms with van der Waals surface area (Å²) >= 11 is 0. The van der Waals surface area contributed by atoms with Crippen LogP contribution < -0.4 is 0 Å². The minimum atomic E-state index is -1.08. The molecule has 0 radical (unpaired) electrons. The van der Waals surface area contributed by atoms with Gasteiger partial charge in [-0.2, -0.15) is 0 Å². The lowest BCUT2D eigenvalue weighted by Gasteiger charge is -1.85. The van der Waals surface area contributed by atoms with Gasteiger partial charge in [0.2, 0.25) is 0 Å². The van der Waals surface area contributed by atoms with Gasteiger partial charge >= 0.3 is 23.9 Å². The molecule has 0 fully saturated rings. The summed E-state index contributed by atoms with van der Waals surface area (Å²) in [5, 5.41) is 37.4. The zero-order valence-electron chi connectivity index (χ0n) is 9.46. The lowest BCUT2D eigenvalue weighted by atomic mass is 10.3. The van der Waals surface area contributed by atoms with Crippen molar-refractivity contribution in [2.75, 3.05) is 0 Å². The van der Waals surface area contributed by atoms with Gasteiger partial charge in [-0.1, -0.05) is 0 Å². The van der Waals surface area contributed by atoms with Crippen LogP contribution in [0.15, 0.2) is 0 Å². The van der Waals surface area contributed by atoms with E-state index in [0.29, 0.717) is 0 Å². The highest BCUT2D eigenvalue weighted by Crippen LogP contribution is 1.86. The van der Waals surface area contributed by atoms with Crippen molar-refractivity contribution in [1.82, 2.24) is 0 Å². The van der Waals surface area contributed by atoms with Crippen molar-refractivity contribution < 1.29 is 39.6 Å².